The van der Waals surface area contributed by atoms with Crippen molar-refractivity contribution < 1.29 is 9.53 Å². The Balaban J connectivity index is 1.19. The van der Waals surface area contributed by atoms with Crippen molar-refractivity contribution in [2.75, 3.05) is 23.7 Å². The lowest BCUT2D eigenvalue weighted by atomic mass is 10.0. The molecule has 4 heterocycles. The van der Waals surface area contributed by atoms with Crippen LogP contribution >= 0.6 is 0 Å². The molecule has 196 valence electrons. The molecule has 1 fully saturated rings. The normalized spacial score (nSPS) is 15.3. The minimum atomic E-state index is -0.0285. The number of likely N-dealkylation sites (tertiary alicyclic amines) is 1. The molecule has 0 radical (unpaired) electrons. The van der Waals surface area contributed by atoms with Crippen molar-refractivity contribution in [2.24, 2.45) is 0 Å². The summed E-state index contributed by atoms with van der Waals surface area (Å²) in [7, 11) is 0. The molecule has 2 aromatic carbocycles. The van der Waals surface area contributed by atoms with E-state index in [-0.39, 0.29) is 11.9 Å². The van der Waals surface area contributed by atoms with E-state index in [4.69, 9.17) is 4.74 Å². The number of amides is 1. The second-order valence-electron chi connectivity index (χ2n) is 9.46. The van der Waals surface area contributed by atoms with Gasteiger partial charge in [0.15, 0.2) is 5.65 Å². The van der Waals surface area contributed by atoms with E-state index in [1.165, 1.54) is 6.08 Å². The van der Waals surface area contributed by atoms with Gasteiger partial charge in [0, 0.05) is 42.0 Å². The summed E-state index contributed by atoms with van der Waals surface area (Å²) in [5, 5.41) is 15.8. The number of benzene rings is 2. The summed E-state index contributed by atoms with van der Waals surface area (Å²) >= 11 is 0. The average Bonchev–Trinajstić information content (AvgIpc) is 3.43. The molecule has 11 heteroatoms. The number of nitrogens with zero attached hydrogens (tertiary/aromatic N) is 7. The molecule has 11 nitrogen and oxygen atoms in total. The third kappa shape index (κ3) is 5.19. The fourth-order valence-corrected chi connectivity index (χ4v) is 4.76. The Morgan fingerprint density at radius 3 is 2.87 bits per heavy atom. The van der Waals surface area contributed by atoms with E-state index in [0.29, 0.717) is 29.6 Å². The Morgan fingerprint density at radius 1 is 1.10 bits per heavy atom. The van der Waals surface area contributed by atoms with Crippen LogP contribution in [0.5, 0.6) is 11.6 Å². The van der Waals surface area contributed by atoms with Crippen LogP contribution in [0, 0.1) is 6.92 Å². The maximum Gasteiger partial charge on any atom is 0.246 e. The van der Waals surface area contributed by atoms with Crippen LogP contribution < -0.4 is 15.4 Å². The van der Waals surface area contributed by atoms with Gasteiger partial charge in [-0.25, -0.2) is 15.0 Å². The largest absolute Gasteiger partial charge is 0.439 e. The zero-order valence-corrected chi connectivity index (χ0v) is 21.4. The van der Waals surface area contributed by atoms with Gasteiger partial charge in [0.2, 0.25) is 11.8 Å². The minimum absolute atomic E-state index is 0.0285. The summed E-state index contributed by atoms with van der Waals surface area (Å²) < 4.78 is 7.71. The third-order valence-electron chi connectivity index (χ3n) is 6.73. The Labute approximate surface area is 224 Å². The van der Waals surface area contributed by atoms with Gasteiger partial charge in [0.05, 0.1) is 5.52 Å². The van der Waals surface area contributed by atoms with Crippen LogP contribution in [0.25, 0.3) is 16.6 Å². The molecule has 1 saturated heterocycles. The SMILES string of the molecule is C=CC(=O)N1CCCC(Nc2ccc3ncnc(Nc4ccc(Oc5cc6nncn6cn5)c(C)c4)c3c2)C1. The lowest BCUT2D eigenvalue weighted by Gasteiger charge is -2.33. The molecule has 1 amide bonds. The fraction of sp³-hybridized carbons (Fsp3) is 0.214. The minimum Gasteiger partial charge on any atom is -0.439 e. The van der Waals surface area contributed by atoms with E-state index in [1.807, 2.05) is 48.2 Å². The van der Waals surface area contributed by atoms with Crippen molar-refractivity contribution in [1.82, 2.24) is 34.4 Å². The number of hydrogen-bond acceptors (Lipinski definition) is 9. The predicted octanol–water partition coefficient (Wildman–Crippen LogP) is 4.50. The van der Waals surface area contributed by atoms with Crippen LogP contribution in [0.2, 0.25) is 0 Å². The Hall–Kier alpha value is -5.06. The highest BCUT2D eigenvalue weighted by atomic mass is 16.5. The first-order chi connectivity index (χ1) is 19.1. The van der Waals surface area contributed by atoms with Gasteiger partial charge in [0.1, 0.15) is 30.5 Å². The van der Waals surface area contributed by atoms with Gasteiger partial charge in [-0.2, -0.15) is 0 Å². The molecule has 5 aromatic rings. The quantitative estimate of drug-likeness (QED) is 0.298. The molecule has 1 aliphatic heterocycles. The molecule has 1 atom stereocenters. The van der Waals surface area contributed by atoms with Gasteiger partial charge in [-0.3, -0.25) is 9.20 Å². The van der Waals surface area contributed by atoms with Gasteiger partial charge >= 0.3 is 0 Å². The molecular formula is C28H27N9O2. The number of hydrogen-bond donors (Lipinski definition) is 2. The van der Waals surface area contributed by atoms with E-state index in [9.17, 15) is 4.79 Å². The second-order valence-corrected chi connectivity index (χ2v) is 9.46. The molecule has 39 heavy (non-hydrogen) atoms. The molecule has 0 aliphatic carbocycles. The number of aryl methyl sites for hydroxylation is 1. The summed E-state index contributed by atoms with van der Waals surface area (Å²) in [6.45, 7) is 7.00. The lowest BCUT2D eigenvalue weighted by molar-refractivity contribution is -0.127. The summed E-state index contributed by atoms with van der Waals surface area (Å²) in [5.41, 5.74) is 4.24. The summed E-state index contributed by atoms with van der Waals surface area (Å²) in [6, 6.07) is 13.7. The van der Waals surface area contributed by atoms with Crippen molar-refractivity contribution in [1.29, 1.82) is 0 Å². The van der Waals surface area contributed by atoms with E-state index in [1.54, 1.807) is 29.4 Å². The van der Waals surface area contributed by atoms with Crippen LogP contribution in [-0.4, -0.2) is 59.5 Å². The number of carbonyl (C=O) groups is 1. The Bertz CT molecular complexity index is 1680. The zero-order chi connectivity index (χ0) is 26.8. The van der Waals surface area contributed by atoms with Crippen LogP contribution in [0.3, 0.4) is 0 Å². The highest BCUT2D eigenvalue weighted by molar-refractivity contribution is 5.93. The maximum absolute atomic E-state index is 12.1. The van der Waals surface area contributed by atoms with Crippen LogP contribution in [0.1, 0.15) is 18.4 Å². The molecule has 1 unspecified atom stereocenters. The maximum atomic E-state index is 12.1. The third-order valence-corrected chi connectivity index (χ3v) is 6.73. The average molecular weight is 522 g/mol. The Kier molecular flexibility index (Phi) is 6.45. The first-order valence-electron chi connectivity index (χ1n) is 12.7. The smallest absolute Gasteiger partial charge is 0.246 e. The van der Waals surface area contributed by atoms with Crippen LogP contribution in [0.15, 0.2) is 74.1 Å². The van der Waals surface area contributed by atoms with Gasteiger partial charge in [-0.05, 0) is 67.8 Å². The number of rotatable bonds is 7. The first kappa shape index (κ1) is 24.3. The van der Waals surface area contributed by atoms with Crippen molar-refractivity contribution in [3.8, 4) is 11.6 Å². The number of ether oxygens (including phenoxy) is 1. The first-order valence-corrected chi connectivity index (χ1v) is 12.7. The highest BCUT2D eigenvalue weighted by Crippen LogP contribution is 2.30. The lowest BCUT2D eigenvalue weighted by Crippen LogP contribution is -2.44. The second kappa shape index (κ2) is 10.4. The number of aromatic nitrogens is 6. The standard InChI is InChI=1S/C28H27N9O2/c1-3-27(38)36-10-4-5-21(14-36)33-20-6-8-23-22(12-20)28(30-15-29-23)34-19-7-9-24(18(2)11-19)39-26-13-25-35-32-17-37(25)16-31-26/h3,6-9,11-13,15-17,21,33H,1,4-5,10,14H2,2H3,(H,29,30,34). The van der Waals surface area contributed by atoms with Gasteiger partial charge < -0.3 is 20.3 Å². The monoisotopic (exact) mass is 521 g/mol. The molecule has 3 aromatic heterocycles. The van der Waals surface area contributed by atoms with Gasteiger partial charge in [0.25, 0.3) is 0 Å². The molecule has 1 aliphatic rings. The van der Waals surface area contributed by atoms with Crippen molar-refractivity contribution in [2.45, 2.75) is 25.8 Å². The number of carbonyl (C=O) groups excluding carboxylic acids is 1. The van der Waals surface area contributed by atoms with Crippen molar-refractivity contribution >= 4 is 39.6 Å². The van der Waals surface area contributed by atoms with E-state index < -0.39 is 0 Å². The molecule has 0 saturated carbocycles. The fourth-order valence-electron chi connectivity index (χ4n) is 4.76. The van der Waals surface area contributed by atoms with E-state index in [0.717, 1.165) is 47.2 Å². The number of fused-ring (bicyclic) bond motifs is 2. The molecule has 0 spiro atoms. The summed E-state index contributed by atoms with van der Waals surface area (Å²) in [5.74, 6) is 1.80. The van der Waals surface area contributed by atoms with Crippen molar-refractivity contribution in [3.05, 3.63) is 79.7 Å². The topological polar surface area (TPSA) is 122 Å². The predicted molar refractivity (Wildman–Crippen MR) is 148 cm³/mol. The van der Waals surface area contributed by atoms with Crippen LogP contribution in [0.4, 0.5) is 17.2 Å². The molecule has 0 bridgehead atoms. The number of nitrogens with one attached hydrogen (secondary N) is 2. The number of piperidine rings is 1. The van der Waals surface area contributed by atoms with Crippen molar-refractivity contribution in [3.63, 3.8) is 0 Å². The molecular weight excluding hydrogens is 494 g/mol. The summed E-state index contributed by atoms with van der Waals surface area (Å²) in [6.07, 6.45) is 8.07. The van der Waals surface area contributed by atoms with E-state index >= 15 is 0 Å². The molecule has 2 N–H and O–H groups in total. The number of anilines is 3. The van der Waals surface area contributed by atoms with E-state index in [2.05, 4.69) is 42.4 Å². The highest BCUT2D eigenvalue weighted by Gasteiger charge is 2.22. The van der Waals surface area contributed by atoms with Gasteiger partial charge in [-0.15, -0.1) is 10.2 Å². The Morgan fingerprint density at radius 2 is 2.00 bits per heavy atom. The van der Waals surface area contributed by atoms with Gasteiger partial charge in [-0.1, -0.05) is 6.58 Å². The van der Waals surface area contributed by atoms with Crippen LogP contribution in [-0.2, 0) is 4.79 Å². The zero-order valence-electron chi connectivity index (χ0n) is 21.4. The summed E-state index contributed by atoms with van der Waals surface area (Å²) in [4.78, 5) is 27.2. The molecule has 6 rings (SSSR count).